The van der Waals surface area contributed by atoms with E-state index in [-0.39, 0.29) is 62.1 Å². The standard InChI is InChI=1S/C43H65Cl2N3O12.ClH/c1-32(2)42(46-43(52)60-25-24-59-23-22-58-21-20-57-19-18-56-17-16-55-15-14-54-13-12-53-4)40(50)28-33-6-5-7-35(26-33)39(31-48-11-10-36(49)30-48)47(3)41(51)29-34-8-9-37(44)38(45)27-34;/h5-9,26-27,32,36,39,42,49H,10-25,28-31H2,1-4H3,(H,46,52);1H/t36-,39+,42?;/m0./s1. The zero-order chi connectivity index (χ0) is 43.5. The molecule has 2 amide bonds. The van der Waals surface area contributed by atoms with Gasteiger partial charge < -0.3 is 53.2 Å². The fraction of sp³-hybridized carbons (Fsp3) is 0.651. The predicted octanol–water partition coefficient (Wildman–Crippen LogP) is 4.83. The average Bonchev–Trinajstić information content (AvgIpc) is 3.64. The number of ether oxygens (including phenoxy) is 8. The Hall–Kier alpha value is -2.64. The summed E-state index contributed by atoms with van der Waals surface area (Å²) in [5.41, 5.74) is 2.35. The van der Waals surface area contributed by atoms with Gasteiger partial charge in [0, 0.05) is 40.2 Å². The second-order valence-corrected chi connectivity index (χ2v) is 15.5. The second-order valence-electron chi connectivity index (χ2n) is 14.7. The molecule has 0 spiro atoms. The molecule has 3 atom stereocenters. The summed E-state index contributed by atoms with van der Waals surface area (Å²) in [6.07, 6.45) is -0.263. The van der Waals surface area contributed by atoms with Gasteiger partial charge in [0.15, 0.2) is 5.78 Å². The normalized spacial score (nSPS) is 15.0. The minimum absolute atomic E-state index is 0. The number of nitrogens with one attached hydrogen (secondary N) is 1. The highest BCUT2D eigenvalue weighted by Gasteiger charge is 2.29. The van der Waals surface area contributed by atoms with E-state index in [1.807, 2.05) is 38.1 Å². The van der Waals surface area contributed by atoms with Gasteiger partial charge in [-0.2, -0.15) is 0 Å². The predicted molar refractivity (Wildman–Crippen MR) is 235 cm³/mol. The Labute approximate surface area is 377 Å². The number of methoxy groups -OCH3 is 1. The molecule has 0 aliphatic carbocycles. The fourth-order valence-corrected chi connectivity index (χ4v) is 6.66. The smallest absolute Gasteiger partial charge is 0.407 e. The number of halogens is 3. The van der Waals surface area contributed by atoms with Crippen LogP contribution in [0.25, 0.3) is 0 Å². The Balaban J connectivity index is 0.0000128. The zero-order valence-electron chi connectivity index (χ0n) is 36.0. The lowest BCUT2D eigenvalue weighted by molar-refractivity contribution is -0.131. The molecule has 2 N–H and O–H groups in total. The maximum Gasteiger partial charge on any atom is 0.407 e. The third-order valence-electron chi connectivity index (χ3n) is 9.63. The highest BCUT2D eigenvalue weighted by Crippen LogP contribution is 2.27. The number of hydrogen-bond acceptors (Lipinski definition) is 13. The number of carbonyl (C=O) groups excluding carboxylic acids is 3. The zero-order valence-corrected chi connectivity index (χ0v) is 38.3. The lowest BCUT2D eigenvalue weighted by atomic mass is 9.93. The van der Waals surface area contributed by atoms with Crippen molar-refractivity contribution in [3.63, 3.8) is 0 Å². The van der Waals surface area contributed by atoms with Crippen molar-refractivity contribution in [3.05, 3.63) is 69.2 Å². The number of β-amino-alcohol motifs (C(OH)–C–C–N with tert-alkyl or cyclic N) is 1. The quantitative estimate of drug-likeness (QED) is 0.0961. The van der Waals surface area contributed by atoms with E-state index in [0.29, 0.717) is 115 Å². The molecule has 18 heteroatoms. The van der Waals surface area contributed by atoms with Crippen molar-refractivity contribution in [2.75, 3.05) is 126 Å². The largest absolute Gasteiger partial charge is 0.447 e. The summed E-state index contributed by atoms with van der Waals surface area (Å²) in [4.78, 5) is 43.7. The van der Waals surface area contributed by atoms with Crippen molar-refractivity contribution in [3.8, 4) is 0 Å². The highest BCUT2D eigenvalue weighted by molar-refractivity contribution is 6.42. The van der Waals surface area contributed by atoms with E-state index in [2.05, 4.69) is 10.2 Å². The number of likely N-dealkylation sites (tertiary alicyclic amines) is 1. The molecule has 346 valence electrons. The van der Waals surface area contributed by atoms with Crippen LogP contribution in [0.15, 0.2) is 42.5 Å². The van der Waals surface area contributed by atoms with Crippen LogP contribution in [-0.2, 0) is 60.3 Å². The summed E-state index contributed by atoms with van der Waals surface area (Å²) in [6, 6.07) is 11.6. The van der Waals surface area contributed by atoms with E-state index in [1.54, 1.807) is 37.3 Å². The summed E-state index contributed by atoms with van der Waals surface area (Å²) in [7, 11) is 3.39. The van der Waals surface area contributed by atoms with Crippen molar-refractivity contribution in [2.24, 2.45) is 5.92 Å². The summed E-state index contributed by atoms with van der Waals surface area (Å²) in [5.74, 6) is -0.483. The number of Topliss-reactive ketones (excluding diaryl/α,β-unsaturated/α-hetero) is 1. The first-order valence-corrected chi connectivity index (χ1v) is 21.3. The lowest BCUT2D eigenvalue weighted by Gasteiger charge is -2.32. The highest BCUT2D eigenvalue weighted by atomic mass is 35.5. The maximum absolute atomic E-state index is 13.6. The number of nitrogens with zero attached hydrogens (tertiary/aromatic N) is 2. The van der Waals surface area contributed by atoms with Gasteiger partial charge in [0.25, 0.3) is 0 Å². The third kappa shape index (κ3) is 22.5. The molecule has 3 rings (SSSR count). The molecule has 1 unspecified atom stereocenters. The first-order chi connectivity index (χ1) is 29.0. The molecule has 0 radical (unpaired) electrons. The van der Waals surface area contributed by atoms with E-state index < -0.39 is 18.2 Å². The van der Waals surface area contributed by atoms with Crippen LogP contribution in [0.5, 0.6) is 0 Å². The molecule has 15 nitrogen and oxygen atoms in total. The number of carbonyl (C=O) groups is 3. The molecule has 1 aliphatic heterocycles. The molecule has 0 saturated carbocycles. The van der Waals surface area contributed by atoms with Crippen molar-refractivity contribution in [1.29, 1.82) is 0 Å². The molecule has 2 aromatic rings. The van der Waals surface area contributed by atoms with Crippen molar-refractivity contribution >= 4 is 53.4 Å². The Morgan fingerprint density at radius 2 is 1.31 bits per heavy atom. The van der Waals surface area contributed by atoms with Gasteiger partial charge in [-0.25, -0.2) is 4.79 Å². The monoisotopic (exact) mass is 921 g/mol. The van der Waals surface area contributed by atoms with Crippen LogP contribution in [0.4, 0.5) is 4.79 Å². The fourth-order valence-electron chi connectivity index (χ4n) is 6.34. The number of benzene rings is 2. The molecular formula is C43H66Cl3N3O12. The van der Waals surface area contributed by atoms with Gasteiger partial charge in [-0.3, -0.25) is 14.5 Å². The van der Waals surface area contributed by atoms with Crippen molar-refractivity contribution in [2.45, 2.75) is 51.3 Å². The second kappa shape index (κ2) is 32.1. The van der Waals surface area contributed by atoms with Gasteiger partial charge in [0.1, 0.15) is 6.61 Å². The van der Waals surface area contributed by atoms with Gasteiger partial charge in [-0.15, -0.1) is 12.4 Å². The molecule has 2 aromatic carbocycles. The molecule has 61 heavy (non-hydrogen) atoms. The molecule has 0 bridgehead atoms. The van der Waals surface area contributed by atoms with Crippen LogP contribution in [-0.4, -0.2) is 171 Å². The van der Waals surface area contributed by atoms with Gasteiger partial charge in [-0.1, -0.05) is 67.4 Å². The molecule has 0 aromatic heterocycles. The molecule has 1 heterocycles. The Kier molecular flexibility index (Phi) is 28.7. The van der Waals surface area contributed by atoms with E-state index in [4.69, 9.17) is 61.1 Å². The Morgan fingerprint density at radius 3 is 1.82 bits per heavy atom. The van der Waals surface area contributed by atoms with Crippen LogP contribution in [0, 0.1) is 5.92 Å². The Morgan fingerprint density at radius 1 is 0.770 bits per heavy atom. The van der Waals surface area contributed by atoms with Gasteiger partial charge >= 0.3 is 6.09 Å². The first-order valence-electron chi connectivity index (χ1n) is 20.6. The number of amides is 2. The minimum atomic E-state index is -0.780. The average molecular weight is 923 g/mol. The van der Waals surface area contributed by atoms with Crippen LogP contribution in [0.1, 0.15) is 43.0 Å². The summed E-state index contributed by atoms with van der Waals surface area (Å²) in [5, 5.41) is 13.7. The van der Waals surface area contributed by atoms with Crippen molar-refractivity contribution < 1.29 is 57.4 Å². The van der Waals surface area contributed by atoms with E-state index in [0.717, 1.165) is 16.7 Å². The lowest BCUT2D eigenvalue weighted by Crippen LogP contribution is -2.45. The molecule has 1 aliphatic rings. The molecular weight excluding hydrogens is 857 g/mol. The number of ketones is 1. The number of alkyl carbamates (subject to hydrolysis) is 1. The third-order valence-corrected chi connectivity index (χ3v) is 10.4. The first kappa shape index (κ1) is 54.5. The number of rotatable bonds is 32. The van der Waals surface area contributed by atoms with Crippen LogP contribution < -0.4 is 5.32 Å². The number of aliphatic hydroxyl groups is 1. The summed E-state index contributed by atoms with van der Waals surface area (Å²) in [6.45, 7) is 11.2. The maximum atomic E-state index is 13.6. The van der Waals surface area contributed by atoms with Crippen LogP contribution in [0.2, 0.25) is 10.0 Å². The van der Waals surface area contributed by atoms with Gasteiger partial charge in [-0.05, 0) is 41.2 Å². The molecule has 1 saturated heterocycles. The van der Waals surface area contributed by atoms with Crippen LogP contribution in [0.3, 0.4) is 0 Å². The van der Waals surface area contributed by atoms with E-state index in [9.17, 15) is 19.5 Å². The summed E-state index contributed by atoms with van der Waals surface area (Å²) >= 11 is 12.3. The Bertz CT molecular complexity index is 1540. The topological polar surface area (TPSA) is 164 Å². The van der Waals surface area contributed by atoms with Gasteiger partial charge in [0.05, 0.1) is 121 Å². The van der Waals surface area contributed by atoms with Crippen LogP contribution >= 0.6 is 35.6 Å². The van der Waals surface area contributed by atoms with Gasteiger partial charge in [0.2, 0.25) is 5.91 Å². The van der Waals surface area contributed by atoms with E-state index in [1.165, 1.54) is 0 Å². The minimum Gasteiger partial charge on any atom is -0.447 e. The summed E-state index contributed by atoms with van der Waals surface area (Å²) < 4.78 is 42.9. The number of likely N-dealkylation sites (N-methyl/N-ethyl adjacent to an activating group) is 1. The number of aliphatic hydroxyl groups excluding tert-OH is 1. The SMILES string of the molecule is COCCOCCOCCOCCOCCOCCOCCOC(=O)NC(C(=O)Cc1cccc([C@@H](CN2CC[C@H](O)C2)N(C)C(=O)Cc2ccc(Cl)c(Cl)c2)c1)C(C)C.Cl. The number of hydrogen-bond donors (Lipinski definition) is 2. The molecule has 1 fully saturated rings. The van der Waals surface area contributed by atoms with E-state index >= 15 is 0 Å². The van der Waals surface area contributed by atoms with Crippen molar-refractivity contribution in [1.82, 2.24) is 15.1 Å².